The maximum Gasteiger partial charge on any atom is 0.328 e. The summed E-state index contributed by atoms with van der Waals surface area (Å²) in [5, 5.41) is 11.1. The zero-order chi connectivity index (χ0) is 14.0. The van der Waals surface area contributed by atoms with Crippen molar-refractivity contribution in [3.63, 3.8) is 0 Å². The Bertz CT molecular complexity index is 750. The van der Waals surface area contributed by atoms with Crippen molar-refractivity contribution in [2.24, 2.45) is 0 Å². The van der Waals surface area contributed by atoms with Crippen molar-refractivity contribution in [3.05, 3.63) is 72.0 Å². The molecule has 1 N–H and O–H groups in total. The maximum absolute atomic E-state index is 11.5. The Hall–Kier alpha value is -2.41. The molecule has 1 heterocycles. The third-order valence-electron chi connectivity index (χ3n) is 2.52. The number of nitro benzene ring substituents is 1. The molecule has 0 spiro atoms. The summed E-state index contributed by atoms with van der Waals surface area (Å²) < 4.78 is 1.13. The largest absolute Gasteiger partial charge is 0.328 e. The zero-order valence-electron chi connectivity index (χ0n) is 9.50. The molecule has 8 heteroatoms. The summed E-state index contributed by atoms with van der Waals surface area (Å²) in [5.74, 6) is 0. The van der Waals surface area contributed by atoms with Crippen molar-refractivity contribution in [2.75, 3.05) is 0 Å². The minimum Gasteiger partial charge on any atom is -0.296 e. The molecule has 0 unspecified atom stereocenters. The first-order valence-electron chi connectivity index (χ1n) is 5.20. The molecule has 0 aliphatic rings. The Kier molecular flexibility index (Phi) is 3.48. The predicted octanol–water partition coefficient (Wildman–Crippen LogP) is 1.15. The predicted molar refractivity (Wildman–Crippen MR) is 68.5 cm³/mol. The molecule has 0 fully saturated rings. The van der Waals surface area contributed by atoms with Crippen LogP contribution >= 0.6 is 11.6 Å². The van der Waals surface area contributed by atoms with Gasteiger partial charge in [-0.05, 0) is 6.07 Å². The Morgan fingerprint density at radius 3 is 2.68 bits per heavy atom. The van der Waals surface area contributed by atoms with Crippen LogP contribution in [0, 0.1) is 10.1 Å². The van der Waals surface area contributed by atoms with Crippen LogP contribution in [0.15, 0.2) is 40.1 Å². The van der Waals surface area contributed by atoms with E-state index in [2.05, 4.69) is 4.98 Å². The van der Waals surface area contributed by atoms with Gasteiger partial charge < -0.3 is 0 Å². The number of rotatable bonds is 3. The summed E-state index contributed by atoms with van der Waals surface area (Å²) in [6.45, 7) is -0.0917. The van der Waals surface area contributed by atoms with E-state index < -0.39 is 16.2 Å². The standard InChI is InChI=1S/C11H8ClN3O4/c12-8-2-1-3-9(15(18)19)7(8)6-14-5-4-10(16)13-11(14)17/h1-5H,6H2,(H,13,16,17). The van der Waals surface area contributed by atoms with Gasteiger partial charge in [0, 0.05) is 18.3 Å². The SMILES string of the molecule is O=c1ccn(Cc2c(Cl)cccc2[N+](=O)[O-])c(=O)[nH]1. The molecule has 0 amide bonds. The lowest BCUT2D eigenvalue weighted by molar-refractivity contribution is -0.385. The molecule has 0 atom stereocenters. The molecule has 0 radical (unpaired) electrons. The van der Waals surface area contributed by atoms with Crippen LogP contribution in [0.2, 0.25) is 5.02 Å². The van der Waals surface area contributed by atoms with E-state index in [0.29, 0.717) is 0 Å². The molecule has 0 saturated carbocycles. The second-order valence-electron chi connectivity index (χ2n) is 3.73. The quantitative estimate of drug-likeness (QED) is 0.674. The number of H-pyrrole nitrogens is 1. The van der Waals surface area contributed by atoms with Gasteiger partial charge in [-0.15, -0.1) is 0 Å². The highest BCUT2D eigenvalue weighted by atomic mass is 35.5. The van der Waals surface area contributed by atoms with E-state index in [1.54, 1.807) is 0 Å². The monoisotopic (exact) mass is 281 g/mol. The Balaban J connectivity index is 2.52. The van der Waals surface area contributed by atoms with E-state index in [-0.39, 0.29) is 22.8 Å². The van der Waals surface area contributed by atoms with Crippen LogP contribution in [0.4, 0.5) is 5.69 Å². The van der Waals surface area contributed by atoms with Crippen LogP contribution < -0.4 is 11.2 Å². The summed E-state index contributed by atoms with van der Waals surface area (Å²) in [7, 11) is 0. The smallest absolute Gasteiger partial charge is 0.296 e. The fourth-order valence-corrected chi connectivity index (χ4v) is 1.84. The molecule has 2 rings (SSSR count). The Morgan fingerprint density at radius 2 is 2.05 bits per heavy atom. The normalized spacial score (nSPS) is 10.4. The number of halogens is 1. The first-order valence-corrected chi connectivity index (χ1v) is 5.58. The van der Waals surface area contributed by atoms with Crippen LogP contribution in [0.3, 0.4) is 0 Å². The fourth-order valence-electron chi connectivity index (χ4n) is 1.61. The number of nitrogens with one attached hydrogen (secondary N) is 1. The molecular weight excluding hydrogens is 274 g/mol. The first-order chi connectivity index (χ1) is 8.99. The summed E-state index contributed by atoms with van der Waals surface area (Å²) in [5.41, 5.74) is -1.15. The van der Waals surface area contributed by atoms with Gasteiger partial charge in [-0.25, -0.2) is 4.79 Å². The molecule has 1 aromatic carbocycles. The highest BCUT2D eigenvalue weighted by Gasteiger charge is 2.17. The van der Waals surface area contributed by atoms with Crippen molar-refractivity contribution in [1.29, 1.82) is 0 Å². The van der Waals surface area contributed by atoms with E-state index in [0.717, 1.165) is 10.6 Å². The van der Waals surface area contributed by atoms with Crippen molar-refractivity contribution in [2.45, 2.75) is 6.54 Å². The second-order valence-corrected chi connectivity index (χ2v) is 4.14. The third kappa shape index (κ3) is 2.71. The topological polar surface area (TPSA) is 98.0 Å². The molecule has 7 nitrogen and oxygen atoms in total. The molecule has 0 bridgehead atoms. The van der Waals surface area contributed by atoms with Crippen LogP contribution in [0.1, 0.15) is 5.56 Å². The van der Waals surface area contributed by atoms with E-state index in [1.165, 1.54) is 24.4 Å². The molecule has 0 aliphatic carbocycles. The Morgan fingerprint density at radius 1 is 1.32 bits per heavy atom. The zero-order valence-corrected chi connectivity index (χ0v) is 10.3. The second kappa shape index (κ2) is 5.07. The van der Waals surface area contributed by atoms with Gasteiger partial charge >= 0.3 is 5.69 Å². The van der Waals surface area contributed by atoms with Gasteiger partial charge in [0.05, 0.1) is 22.1 Å². The average molecular weight is 282 g/mol. The first kappa shape index (κ1) is 13.0. The van der Waals surface area contributed by atoms with Crippen molar-refractivity contribution in [3.8, 4) is 0 Å². The number of hydrogen-bond acceptors (Lipinski definition) is 4. The highest BCUT2D eigenvalue weighted by molar-refractivity contribution is 6.31. The van der Waals surface area contributed by atoms with Gasteiger partial charge in [-0.2, -0.15) is 0 Å². The summed E-state index contributed by atoms with van der Waals surface area (Å²) in [4.78, 5) is 34.9. The van der Waals surface area contributed by atoms with E-state index in [9.17, 15) is 19.7 Å². The number of hydrogen-bond donors (Lipinski definition) is 1. The van der Waals surface area contributed by atoms with Gasteiger partial charge in [0.25, 0.3) is 11.2 Å². The lowest BCUT2D eigenvalue weighted by Crippen LogP contribution is -2.29. The highest BCUT2D eigenvalue weighted by Crippen LogP contribution is 2.26. The van der Waals surface area contributed by atoms with Gasteiger partial charge in [-0.3, -0.25) is 24.5 Å². The van der Waals surface area contributed by atoms with Crippen LogP contribution in [-0.2, 0) is 6.54 Å². The number of aromatic amines is 1. The maximum atomic E-state index is 11.5. The van der Waals surface area contributed by atoms with Gasteiger partial charge in [0.1, 0.15) is 0 Å². The summed E-state index contributed by atoms with van der Waals surface area (Å²) in [6, 6.07) is 5.42. The van der Waals surface area contributed by atoms with E-state index in [4.69, 9.17) is 11.6 Å². The molecule has 98 valence electrons. The molecule has 0 aliphatic heterocycles. The van der Waals surface area contributed by atoms with Crippen molar-refractivity contribution >= 4 is 17.3 Å². The van der Waals surface area contributed by atoms with Gasteiger partial charge in [0.2, 0.25) is 0 Å². The number of aromatic nitrogens is 2. The summed E-state index contributed by atoms with van der Waals surface area (Å²) >= 11 is 5.92. The number of benzene rings is 1. The molecule has 0 saturated heterocycles. The van der Waals surface area contributed by atoms with Crippen LogP contribution in [0.5, 0.6) is 0 Å². The van der Waals surface area contributed by atoms with Crippen molar-refractivity contribution < 1.29 is 4.92 Å². The van der Waals surface area contributed by atoms with Crippen LogP contribution in [-0.4, -0.2) is 14.5 Å². The lowest BCUT2D eigenvalue weighted by Gasteiger charge is -2.07. The Labute approximate surface area is 111 Å². The molecule has 19 heavy (non-hydrogen) atoms. The van der Waals surface area contributed by atoms with Crippen molar-refractivity contribution in [1.82, 2.24) is 9.55 Å². The molecule has 2 aromatic rings. The lowest BCUT2D eigenvalue weighted by atomic mass is 10.2. The molecule has 1 aromatic heterocycles. The van der Waals surface area contributed by atoms with Gasteiger partial charge in [-0.1, -0.05) is 17.7 Å². The molecular formula is C11H8ClN3O4. The minimum absolute atomic E-state index is 0.0917. The third-order valence-corrected chi connectivity index (χ3v) is 2.87. The van der Waals surface area contributed by atoms with Crippen LogP contribution in [0.25, 0.3) is 0 Å². The van der Waals surface area contributed by atoms with E-state index in [1.807, 2.05) is 0 Å². The average Bonchev–Trinajstić information content (AvgIpc) is 2.34. The van der Waals surface area contributed by atoms with Gasteiger partial charge in [0.15, 0.2) is 0 Å². The van der Waals surface area contributed by atoms with E-state index >= 15 is 0 Å². The number of nitro groups is 1. The number of nitrogens with zero attached hydrogens (tertiary/aromatic N) is 2. The summed E-state index contributed by atoms with van der Waals surface area (Å²) in [6.07, 6.45) is 1.26. The minimum atomic E-state index is -0.651. The fraction of sp³-hybridized carbons (Fsp3) is 0.0909.